The minimum absolute atomic E-state index is 0.0223. The highest BCUT2D eigenvalue weighted by Crippen LogP contribution is 2.21. The summed E-state index contributed by atoms with van der Waals surface area (Å²) in [7, 11) is 0. The van der Waals surface area contributed by atoms with Gasteiger partial charge >= 0.3 is 17.9 Å². The van der Waals surface area contributed by atoms with Crippen LogP contribution in [0, 0.1) is 11.3 Å². The van der Waals surface area contributed by atoms with Gasteiger partial charge < -0.3 is 101 Å². The van der Waals surface area contributed by atoms with Crippen LogP contribution >= 0.6 is 0 Å². The lowest BCUT2D eigenvalue weighted by Crippen LogP contribution is -2.61. The quantitative estimate of drug-likeness (QED) is 0.0139. The Hall–Kier alpha value is -11.9. The van der Waals surface area contributed by atoms with Gasteiger partial charge in [-0.15, -0.1) is 0 Å². The third-order valence-electron chi connectivity index (χ3n) is 17.3. The number of phenols is 2. The summed E-state index contributed by atoms with van der Waals surface area (Å²) in [6.45, 7) is 3.44. The fourth-order valence-electron chi connectivity index (χ4n) is 11.4. The topological polar surface area (TPSA) is 544 Å². The predicted molar refractivity (Wildman–Crippen MR) is 385 cm³/mol. The van der Waals surface area contributed by atoms with Crippen molar-refractivity contribution in [2.24, 2.45) is 23.1 Å². The normalized spacial score (nSPS) is 14.2. The monoisotopic (exact) mass is 1450 g/mol. The van der Waals surface area contributed by atoms with E-state index in [9.17, 15) is 73.5 Å². The molecular weight excluding hydrogens is 1360 g/mol. The van der Waals surface area contributed by atoms with Crippen molar-refractivity contribution in [1.82, 2.24) is 58.2 Å². The van der Waals surface area contributed by atoms with Crippen molar-refractivity contribution in [3.63, 3.8) is 0 Å². The van der Waals surface area contributed by atoms with E-state index in [0.29, 0.717) is 51.6 Å². The number of unbranched alkanes of at least 4 members (excludes halogenated alkanes) is 1. The number of aromatic nitrogens is 1. The number of aromatic amines is 1. The largest absolute Gasteiger partial charge is 0.508 e. The number of carboxylic acids is 3. The van der Waals surface area contributed by atoms with E-state index < -0.39 is 163 Å². The summed E-state index contributed by atoms with van der Waals surface area (Å²) < 4.78 is 0. The molecular formula is C73H93N15O17. The van der Waals surface area contributed by atoms with Gasteiger partial charge in [0.25, 0.3) is 0 Å². The smallest absolute Gasteiger partial charge is 0.326 e. The first kappa shape index (κ1) is 82.0. The van der Waals surface area contributed by atoms with Gasteiger partial charge in [0.15, 0.2) is 5.96 Å². The summed E-state index contributed by atoms with van der Waals surface area (Å²) in [6, 6.07) is 18.9. The predicted octanol–water partition coefficient (Wildman–Crippen LogP) is 0.255. The van der Waals surface area contributed by atoms with E-state index >= 15 is 9.59 Å². The molecule has 0 unspecified atom stereocenters. The van der Waals surface area contributed by atoms with E-state index in [1.165, 1.54) is 48.5 Å². The molecule has 0 saturated heterocycles. The zero-order valence-electron chi connectivity index (χ0n) is 58.1. The lowest BCUT2D eigenvalue weighted by molar-refractivity contribution is -0.144. The third kappa shape index (κ3) is 27.1. The molecule has 32 heteroatoms. The Labute approximate surface area is 605 Å². The number of guanidine groups is 1. The Morgan fingerprint density at radius 2 is 0.819 bits per heavy atom. The highest BCUT2D eigenvalue weighted by atomic mass is 16.4. The van der Waals surface area contributed by atoms with Crippen molar-refractivity contribution in [3.05, 3.63) is 167 Å². The third-order valence-corrected chi connectivity index (χ3v) is 17.3. The molecule has 1 heterocycles. The van der Waals surface area contributed by atoms with Gasteiger partial charge in [0.05, 0.1) is 18.9 Å². The van der Waals surface area contributed by atoms with Crippen LogP contribution in [0.25, 0.3) is 10.9 Å². The number of fused-ring (bicyclic) bond motifs is 1. The number of aliphatic carboxylic acids is 3. The Balaban J connectivity index is 1.31. The minimum atomic E-state index is -2.02. The molecule has 6 rings (SSSR count). The number of amides is 9. The molecule has 23 N–H and O–H groups in total. The summed E-state index contributed by atoms with van der Waals surface area (Å²) in [5, 5.41) is 84.6. The van der Waals surface area contributed by atoms with Gasteiger partial charge in [0.2, 0.25) is 53.2 Å². The van der Waals surface area contributed by atoms with Crippen LogP contribution in [0.4, 0.5) is 0 Å². The van der Waals surface area contributed by atoms with Crippen molar-refractivity contribution in [2.75, 3.05) is 13.1 Å². The van der Waals surface area contributed by atoms with Crippen molar-refractivity contribution in [1.29, 1.82) is 5.41 Å². The van der Waals surface area contributed by atoms with E-state index in [1.54, 1.807) is 105 Å². The number of nitrogens with two attached hydrogens (primary N) is 3. The number of carbonyl (C=O) groups excluding carboxylic acids is 9. The Morgan fingerprint density at radius 3 is 1.26 bits per heavy atom. The average molecular weight is 1450 g/mol. The number of hydrogen-bond acceptors (Lipinski definition) is 17. The summed E-state index contributed by atoms with van der Waals surface area (Å²) in [5.41, 5.74) is 20.5. The van der Waals surface area contributed by atoms with E-state index in [2.05, 4.69) is 58.2 Å². The Bertz CT molecular complexity index is 3960. The van der Waals surface area contributed by atoms with Gasteiger partial charge in [0.1, 0.15) is 65.9 Å². The van der Waals surface area contributed by atoms with Crippen LogP contribution < -0.4 is 70.4 Å². The molecule has 562 valence electrons. The highest BCUT2D eigenvalue weighted by Gasteiger charge is 2.38. The molecule has 105 heavy (non-hydrogen) atoms. The van der Waals surface area contributed by atoms with Gasteiger partial charge in [-0.25, -0.2) is 4.79 Å². The first-order valence-electron chi connectivity index (χ1n) is 34.2. The maximum atomic E-state index is 15.1. The molecule has 1 aromatic heterocycles. The van der Waals surface area contributed by atoms with Crippen LogP contribution in [0.5, 0.6) is 11.5 Å². The molecule has 0 aliphatic carbocycles. The van der Waals surface area contributed by atoms with Crippen LogP contribution in [0.2, 0.25) is 0 Å². The fourth-order valence-corrected chi connectivity index (χ4v) is 11.4. The number of carboxylic acid groups (broad SMARTS) is 3. The first-order chi connectivity index (χ1) is 50.1. The second-order valence-electron chi connectivity index (χ2n) is 25.5. The SMILES string of the molecule is CC[C@H](C)[C@H](NC(=O)[C@H](Cc1ccccc1)NC(=O)[C@H](Cc1c[nH]c2ccccc12)NC(=O)[C@H](CC(=O)O)NC(=O)[C@H](CCCNC(=N)N)NC(=O)[C@H](Cc1ccc(O)cc1)NC(=O)[C@H](Cc1ccc(O)cc1)NC(=O)[C@H](CCCCN)NC(=O)[C@H](CC(=O)O)NC(=O)[C@@H](N)Cc1ccccc1)C(=O)O. The number of para-hydroxylation sites is 1. The van der Waals surface area contributed by atoms with Gasteiger partial charge in [0, 0.05) is 49.3 Å². The van der Waals surface area contributed by atoms with Gasteiger partial charge in [-0.3, -0.25) is 58.1 Å². The van der Waals surface area contributed by atoms with Crippen molar-refractivity contribution in [3.8, 4) is 11.5 Å². The highest BCUT2D eigenvalue weighted by molar-refractivity contribution is 6.00. The fraction of sp³-hybridized carbons (Fsp3) is 0.384. The molecule has 6 aromatic rings. The van der Waals surface area contributed by atoms with E-state index in [4.69, 9.17) is 22.6 Å². The van der Waals surface area contributed by atoms with Crippen LogP contribution in [-0.2, 0) is 89.6 Å². The molecule has 0 aliphatic heterocycles. The summed E-state index contributed by atoms with van der Waals surface area (Å²) in [4.78, 5) is 171. The van der Waals surface area contributed by atoms with Gasteiger partial charge in [-0.2, -0.15) is 0 Å². The van der Waals surface area contributed by atoms with Crippen LogP contribution in [-0.4, -0.2) is 181 Å². The number of aromatic hydroxyl groups is 2. The minimum Gasteiger partial charge on any atom is -0.508 e. The molecule has 0 fully saturated rings. The summed E-state index contributed by atoms with van der Waals surface area (Å²) in [6.07, 6.45) is -1.28. The number of benzene rings is 5. The second kappa shape index (κ2) is 41.2. The maximum Gasteiger partial charge on any atom is 0.326 e. The molecule has 0 saturated carbocycles. The van der Waals surface area contributed by atoms with Crippen molar-refractivity contribution in [2.45, 2.75) is 158 Å². The molecule has 9 amide bonds. The number of rotatable bonds is 43. The Kier molecular flexibility index (Phi) is 32.2. The van der Waals surface area contributed by atoms with Crippen LogP contribution in [0.3, 0.4) is 0 Å². The first-order valence-corrected chi connectivity index (χ1v) is 34.2. The summed E-state index contributed by atoms with van der Waals surface area (Å²) >= 11 is 0. The lowest BCUT2D eigenvalue weighted by Gasteiger charge is -2.28. The number of H-pyrrole nitrogens is 1. The zero-order valence-corrected chi connectivity index (χ0v) is 58.1. The molecule has 5 aromatic carbocycles. The lowest BCUT2D eigenvalue weighted by atomic mass is 9.97. The van der Waals surface area contributed by atoms with Gasteiger partial charge in [-0.1, -0.05) is 123 Å². The van der Waals surface area contributed by atoms with Crippen LogP contribution in [0.15, 0.2) is 140 Å². The molecule has 0 aliphatic rings. The number of nitrogens with one attached hydrogen (secondary N) is 12. The average Bonchev–Trinajstić information content (AvgIpc) is 1.76. The van der Waals surface area contributed by atoms with E-state index in [0.717, 1.165) is 0 Å². The number of hydrogen-bond donors (Lipinski definition) is 20. The molecule has 0 radical (unpaired) electrons. The maximum absolute atomic E-state index is 15.1. The zero-order chi connectivity index (χ0) is 76.7. The standard InChI is InChI=1S/C73H93N15O17/c1-3-41(2)62(72(104)105)88-71(103)56(34-43-17-8-5-9-18-43)85-68(100)57(37-46-40-79-51-20-11-10-19-49(46)51)86-70(102)59(39-61(93)94)87-65(97)53(22-14-32-78-73(76)77)81-66(98)54(35-44-23-27-47(89)28-24-44)84-67(99)55(36-45-25-29-48(90)30-26-45)83-64(96)52(21-12-13-31-74)80-69(101)58(38-60(91)92)82-63(95)50(75)33-42-15-6-4-7-16-42/h4-11,15-20,23-30,40-41,50,52-59,62,79,89-90H,3,12-14,21-22,31-39,74-75H2,1-2H3,(H,80,101)(H,81,98)(H,82,95)(H,83,96)(H,84,99)(H,85,100)(H,86,102)(H,87,97)(H,88,103)(H,91,92)(H,93,94)(H,104,105)(H4,76,77,78)/t41-,50-,52-,53-,54-,55-,56-,57-,58-,59-,62-/m0/s1. The van der Waals surface area contributed by atoms with Crippen molar-refractivity contribution >= 4 is 87.9 Å². The van der Waals surface area contributed by atoms with Gasteiger partial charge in [-0.05, 0) is 109 Å². The number of phenolic OH excluding ortho intramolecular Hbond substituents is 2. The van der Waals surface area contributed by atoms with E-state index in [-0.39, 0.29) is 76.0 Å². The Morgan fingerprint density at radius 1 is 0.448 bits per heavy atom. The number of carbonyl (C=O) groups is 12. The molecule has 11 atom stereocenters. The molecule has 0 bridgehead atoms. The summed E-state index contributed by atoms with van der Waals surface area (Å²) in [5.74, 6) is -15.2. The van der Waals surface area contributed by atoms with Crippen LogP contribution in [0.1, 0.15) is 93.0 Å². The molecule has 0 spiro atoms. The van der Waals surface area contributed by atoms with E-state index in [1.807, 2.05) is 0 Å². The van der Waals surface area contributed by atoms with Crippen molar-refractivity contribution < 1.29 is 83.1 Å². The second-order valence-corrected chi connectivity index (χ2v) is 25.5. The molecule has 32 nitrogen and oxygen atoms in total.